The summed E-state index contributed by atoms with van der Waals surface area (Å²) < 4.78 is 5.12. The fourth-order valence-electron chi connectivity index (χ4n) is 2.63. The second-order valence-corrected chi connectivity index (χ2v) is 4.98. The number of hydrogen-bond donors (Lipinski definition) is 1. The van der Waals surface area contributed by atoms with E-state index >= 15 is 0 Å². The molecule has 1 N–H and O–H groups in total. The molecule has 1 fully saturated rings. The van der Waals surface area contributed by atoms with Gasteiger partial charge >= 0.3 is 5.97 Å². The van der Waals surface area contributed by atoms with Gasteiger partial charge in [-0.2, -0.15) is 0 Å². The van der Waals surface area contributed by atoms with Gasteiger partial charge in [-0.1, -0.05) is 19.1 Å². The molecule has 1 saturated heterocycles. The van der Waals surface area contributed by atoms with Crippen LogP contribution in [0.15, 0.2) is 24.3 Å². The Morgan fingerprint density at radius 1 is 1.25 bits per heavy atom. The van der Waals surface area contributed by atoms with Crippen LogP contribution in [-0.4, -0.2) is 60.7 Å². The zero-order chi connectivity index (χ0) is 14.5. The van der Waals surface area contributed by atoms with Gasteiger partial charge in [-0.3, -0.25) is 9.69 Å². The molecule has 1 atom stereocenters. The molecule has 1 aliphatic heterocycles. The number of benzene rings is 1. The summed E-state index contributed by atoms with van der Waals surface area (Å²) in [5.74, 6) is -0.0474. The molecule has 1 aliphatic rings. The SMILES string of the molecule is CCN1CCN(C(C(=O)O)c2ccc(OC)cc2)CC1. The third-order valence-electron chi connectivity index (χ3n) is 3.88. The lowest BCUT2D eigenvalue weighted by atomic mass is 10.0. The molecule has 0 radical (unpaired) electrons. The average Bonchev–Trinajstić information content (AvgIpc) is 2.48. The first-order valence-electron chi connectivity index (χ1n) is 6.99. The van der Waals surface area contributed by atoms with Crippen molar-refractivity contribution in [1.29, 1.82) is 0 Å². The van der Waals surface area contributed by atoms with Crippen molar-refractivity contribution in [3.63, 3.8) is 0 Å². The zero-order valence-electron chi connectivity index (χ0n) is 12.1. The first-order chi connectivity index (χ1) is 9.65. The molecular formula is C15H22N2O3. The summed E-state index contributed by atoms with van der Waals surface area (Å²) in [7, 11) is 1.60. The van der Waals surface area contributed by atoms with E-state index in [0.717, 1.165) is 44.0 Å². The number of nitrogens with zero attached hydrogens (tertiary/aromatic N) is 2. The van der Waals surface area contributed by atoms with E-state index in [1.165, 1.54) is 0 Å². The summed E-state index contributed by atoms with van der Waals surface area (Å²) in [6.07, 6.45) is 0. The molecule has 5 heteroatoms. The van der Waals surface area contributed by atoms with E-state index in [2.05, 4.69) is 11.8 Å². The highest BCUT2D eigenvalue weighted by Gasteiger charge is 2.29. The maximum Gasteiger partial charge on any atom is 0.325 e. The van der Waals surface area contributed by atoms with Crippen molar-refractivity contribution in [2.24, 2.45) is 0 Å². The Labute approximate surface area is 119 Å². The predicted molar refractivity (Wildman–Crippen MR) is 77.1 cm³/mol. The van der Waals surface area contributed by atoms with Gasteiger partial charge in [0.25, 0.3) is 0 Å². The van der Waals surface area contributed by atoms with Crippen LogP contribution in [0.4, 0.5) is 0 Å². The molecule has 1 aromatic rings. The summed E-state index contributed by atoms with van der Waals surface area (Å²) in [4.78, 5) is 16.0. The van der Waals surface area contributed by atoms with Crippen molar-refractivity contribution in [3.8, 4) is 5.75 Å². The molecule has 20 heavy (non-hydrogen) atoms. The average molecular weight is 278 g/mol. The molecule has 0 aliphatic carbocycles. The summed E-state index contributed by atoms with van der Waals surface area (Å²) in [6, 6.07) is 6.73. The molecule has 0 bridgehead atoms. The molecule has 1 unspecified atom stereocenters. The maximum atomic E-state index is 11.6. The van der Waals surface area contributed by atoms with Crippen LogP contribution in [0.25, 0.3) is 0 Å². The number of aliphatic carboxylic acids is 1. The minimum absolute atomic E-state index is 0.570. The van der Waals surface area contributed by atoms with Crippen molar-refractivity contribution >= 4 is 5.97 Å². The van der Waals surface area contributed by atoms with E-state index in [0.29, 0.717) is 0 Å². The minimum atomic E-state index is -0.792. The fraction of sp³-hybridized carbons (Fsp3) is 0.533. The summed E-state index contributed by atoms with van der Waals surface area (Å²) >= 11 is 0. The molecule has 0 aromatic heterocycles. The first kappa shape index (κ1) is 14.8. The lowest BCUT2D eigenvalue weighted by Gasteiger charge is -2.37. The monoisotopic (exact) mass is 278 g/mol. The van der Waals surface area contributed by atoms with Gasteiger partial charge in [0.1, 0.15) is 11.8 Å². The third kappa shape index (κ3) is 3.29. The molecule has 110 valence electrons. The van der Waals surface area contributed by atoms with E-state index in [4.69, 9.17) is 4.74 Å². The number of likely N-dealkylation sites (N-methyl/N-ethyl adjacent to an activating group) is 1. The van der Waals surface area contributed by atoms with Crippen LogP contribution in [0.5, 0.6) is 5.75 Å². The van der Waals surface area contributed by atoms with Crippen LogP contribution in [0.3, 0.4) is 0 Å². The van der Waals surface area contributed by atoms with Crippen molar-refractivity contribution < 1.29 is 14.6 Å². The Morgan fingerprint density at radius 3 is 2.30 bits per heavy atom. The topological polar surface area (TPSA) is 53.0 Å². The van der Waals surface area contributed by atoms with Crippen molar-refractivity contribution in [3.05, 3.63) is 29.8 Å². The van der Waals surface area contributed by atoms with Crippen LogP contribution < -0.4 is 4.74 Å². The van der Waals surface area contributed by atoms with Crippen LogP contribution in [0.1, 0.15) is 18.5 Å². The molecule has 0 saturated carbocycles. The van der Waals surface area contributed by atoms with E-state index in [1.807, 2.05) is 29.2 Å². The van der Waals surface area contributed by atoms with E-state index < -0.39 is 12.0 Å². The maximum absolute atomic E-state index is 11.6. The largest absolute Gasteiger partial charge is 0.497 e. The smallest absolute Gasteiger partial charge is 0.325 e. The van der Waals surface area contributed by atoms with Gasteiger partial charge in [0.15, 0.2) is 0 Å². The molecule has 2 rings (SSSR count). The molecular weight excluding hydrogens is 256 g/mol. The number of carbonyl (C=O) groups is 1. The normalized spacial score (nSPS) is 18.7. The van der Waals surface area contributed by atoms with Gasteiger partial charge < -0.3 is 14.7 Å². The highest BCUT2D eigenvalue weighted by Crippen LogP contribution is 2.24. The van der Waals surface area contributed by atoms with Crippen LogP contribution >= 0.6 is 0 Å². The van der Waals surface area contributed by atoms with Crippen LogP contribution in [0.2, 0.25) is 0 Å². The van der Waals surface area contributed by atoms with Crippen LogP contribution in [-0.2, 0) is 4.79 Å². The molecule has 0 spiro atoms. The van der Waals surface area contributed by atoms with Crippen LogP contribution in [0, 0.1) is 0 Å². The molecule has 0 amide bonds. The Balaban J connectivity index is 2.12. The number of methoxy groups -OCH3 is 1. The number of carboxylic acids is 1. The minimum Gasteiger partial charge on any atom is -0.497 e. The van der Waals surface area contributed by atoms with Crippen molar-refractivity contribution in [2.75, 3.05) is 39.8 Å². The predicted octanol–water partition coefficient (Wildman–Crippen LogP) is 1.46. The number of rotatable bonds is 5. The van der Waals surface area contributed by atoms with E-state index in [-0.39, 0.29) is 0 Å². The second-order valence-electron chi connectivity index (χ2n) is 4.98. The highest BCUT2D eigenvalue weighted by atomic mass is 16.5. The second kappa shape index (κ2) is 6.72. The summed E-state index contributed by atoms with van der Waals surface area (Å²) in [6.45, 7) is 6.59. The zero-order valence-corrected chi connectivity index (χ0v) is 12.1. The van der Waals surface area contributed by atoms with Gasteiger partial charge in [0.2, 0.25) is 0 Å². The molecule has 1 heterocycles. The Morgan fingerprint density at radius 2 is 1.85 bits per heavy atom. The molecule has 5 nitrogen and oxygen atoms in total. The fourth-order valence-corrected chi connectivity index (χ4v) is 2.63. The Kier molecular flexibility index (Phi) is 4.98. The summed E-state index contributed by atoms with van der Waals surface area (Å²) in [5, 5.41) is 9.54. The first-order valence-corrected chi connectivity index (χ1v) is 6.99. The Bertz CT molecular complexity index is 439. The van der Waals surface area contributed by atoms with Gasteiger partial charge in [0, 0.05) is 26.2 Å². The van der Waals surface area contributed by atoms with Gasteiger partial charge in [0.05, 0.1) is 7.11 Å². The number of piperazine rings is 1. The molecule has 1 aromatic carbocycles. The van der Waals surface area contributed by atoms with E-state index in [1.54, 1.807) is 7.11 Å². The lowest BCUT2D eigenvalue weighted by molar-refractivity contribution is -0.144. The standard InChI is InChI=1S/C15H22N2O3/c1-3-16-8-10-17(11-9-16)14(15(18)19)12-4-6-13(20-2)7-5-12/h4-7,14H,3,8-11H2,1-2H3,(H,18,19). The Hall–Kier alpha value is -1.59. The lowest BCUT2D eigenvalue weighted by Crippen LogP contribution is -2.49. The number of hydrogen-bond acceptors (Lipinski definition) is 4. The third-order valence-corrected chi connectivity index (χ3v) is 3.88. The van der Waals surface area contributed by atoms with Crippen molar-refractivity contribution in [2.45, 2.75) is 13.0 Å². The number of ether oxygens (including phenoxy) is 1. The highest BCUT2D eigenvalue weighted by molar-refractivity contribution is 5.75. The van der Waals surface area contributed by atoms with Gasteiger partial charge in [-0.15, -0.1) is 0 Å². The van der Waals surface area contributed by atoms with E-state index in [9.17, 15) is 9.90 Å². The number of carboxylic acid groups (broad SMARTS) is 1. The summed E-state index contributed by atoms with van der Waals surface area (Å²) in [5.41, 5.74) is 0.809. The van der Waals surface area contributed by atoms with Crippen molar-refractivity contribution in [1.82, 2.24) is 9.80 Å². The van der Waals surface area contributed by atoms with Gasteiger partial charge in [-0.25, -0.2) is 0 Å². The quantitative estimate of drug-likeness (QED) is 0.883. The van der Waals surface area contributed by atoms with Gasteiger partial charge in [-0.05, 0) is 24.2 Å².